The molecular weight excluding hydrogens is 263 g/mol. The maximum Gasteiger partial charge on any atom is 0.320 e. The summed E-state index contributed by atoms with van der Waals surface area (Å²) in [7, 11) is -0.510. The zero-order chi connectivity index (χ0) is 14.3. The Kier molecular flexibility index (Phi) is 6.06. The summed E-state index contributed by atoms with van der Waals surface area (Å²) in [5.74, 6) is 0.438. The topological polar surface area (TPSA) is 59.9 Å². The van der Waals surface area contributed by atoms with E-state index in [0.717, 1.165) is 5.75 Å². The summed E-state index contributed by atoms with van der Waals surface area (Å²) in [6, 6.07) is 7.73. The van der Waals surface area contributed by atoms with Crippen molar-refractivity contribution in [2.24, 2.45) is 4.74 Å². The molecule has 0 saturated carbocycles. The van der Waals surface area contributed by atoms with E-state index in [0.29, 0.717) is 6.61 Å². The summed E-state index contributed by atoms with van der Waals surface area (Å²) >= 11 is 0. The predicted molar refractivity (Wildman–Crippen MR) is 77.6 cm³/mol. The molecule has 1 rings (SSSR count). The molecule has 0 amide bonds. The molecule has 19 heavy (non-hydrogen) atoms. The summed E-state index contributed by atoms with van der Waals surface area (Å²) in [6.07, 6.45) is 0. The maximum atomic E-state index is 11.3. The number of carbonyl (C=O) groups is 1. The van der Waals surface area contributed by atoms with E-state index in [4.69, 9.17) is 9.26 Å². The number of hydrogen-bond acceptors (Lipinski definition) is 4. The third-order valence-electron chi connectivity index (χ3n) is 2.51. The summed E-state index contributed by atoms with van der Waals surface area (Å²) < 4.78 is 15.0. The number of ether oxygens (including phenoxy) is 1. The fraction of sp³-hybridized carbons (Fsp3) is 0.462. The van der Waals surface area contributed by atoms with Crippen LogP contribution in [0.5, 0.6) is 5.75 Å². The Labute approximate surface area is 114 Å². The van der Waals surface area contributed by atoms with Gasteiger partial charge in [-0.3, -0.25) is 9.54 Å². The molecule has 1 N–H and O–H groups in total. The first-order chi connectivity index (χ1) is 8.99. The minimum absolute atomic E-state index is 0.0985. The first-order valence-corrected chi connectivity index (χ1v) is 8.24. The van der Waals surface area contributed by atoms with Gasteiger partial charge in [-0.25, -0.2) is 5.09 Å². The Morgan fingerprint density at radius 3 is 2.53 bits per heavy atom. The lowest BCUT2D eigenvalue weighted by Crippen LogP contribution is -2.24. The van der Waals surface area contributed by atoms with E-state index in [2.05, 4.69) is 9.83 Å². The van der Waals surface area contributed by atoms with Gasteiger partial charge in [0.05, 0.1) is 6.61 Å². The van der Waals surface area contributed by atoms with Gasteiger partial charge >= 0.3 is 5.97 Å². The van der Waals surface area contributed by atoms with Gasteiger partial charge < -0.3 is 9.26 Å². The second-order valence-corrected chi connectivity index (χ2v) is 6.78. The van der Waals surface area contributed by atoms with Gasteiger partial charge in [0, 0.05) is 13.7 Å². The van der Waals surface area contributed by atoms with E-state index >= 15 is 0 Å². The average Bonchev–Trinajstić information content (AvgIpc) is 2.40. The van der Waals surface area contributed by atoms with Crippen molar-refractivity contribution in [1.82, 2.24) is 5.09 Å². The van der Waals surface area contributed by atoms with Crippen LogP contribution in [0.15, 0.2) is 29.0 Å². The molecular formula is C13H21N2O3P. The minimum atomic E-state index is -2.19. The molecule has 5 nitrogen and oxygen atoms in total. The van der Waals surface area contributed by atoms with Crippen LogP contribution >= 0.6 is 7.43 Å². The Morgan fingerprint density at radius 2 is 2.00 bits per heavy atom. The van der Waals surface area contributed by atoms with Crippen LogP contribution < -0.4 is 9.61 Å². The lowest BCUT2D eigenvalue weighted by Gasteiger charge is -2.21. The Hall–Kier alpha value is -1.32. The normalized spacial score (nSPS) is 13.5. The third-order valence-corrected chi connectivity index (χ3v) is 4.58. The van der Waals surface area contributed by atoms with Crippen LogP contribution in [-0.2, 0) is 9.53 Å². The highest BCUT2D eigenvalue weighted by Crippen LogP contribution is 2.41. The van der Waals surface area contributed by atoms with Crippen molar-refractivity contribution in [2.75, 3.05) is 26.9 Å². The molecule has 6 heteroatoms. The monoisotopic (exact) mass is 284 g/mol. The number of aryl methyl sites for hydroxylation is 1. The number of esters is 1. The van der Waals surface area contributed by atoms with Crippen LogP contribution in [0.4, 0.5) is 0 Å². The molecule has 1 aromatic rings. The second-order valence-electron chi connectivity index (χ2n) is 4.12. The van der Waals surface area contributed by atoms with E-state index < -0.39 is 7.43 Å². The minimum Gasteiger partial charge on any atom is -0.465 e. The number of nitrogens with one attached hydrogen (secondary N) is 1. The largest absolute Gasteiger partial charge is 0.465 e. The molecule has 0 fully saturated rings. The van der Waals surface area contributed by atoms with E-state index in [9.17, 15) is 4.79 Å². The average molecular weight is 284 g/mol. The molecule has 1 unspecified atom stereocenters. The SMILES string of the molecule is CCOC(=O)CNP(C)(=NC)Oc1ccc(C)cc1. The summed E-state index contributed by atoms with van der Waals surface area (Å²) in [6.45, 7) is 6.13. The zero-order valence-electron chi connectivity index (χ0n) is 11.8. The van der Waals surface area contributed by atoms with Crippen LogP contribution in [-0.4, -0.2) is 32.8 Å². The highest BCUT2D eigenvalue weighted by molar-refractivity contribution is 7.59. The highest BCUT2D eigenvalue weighted by Gasteiger charge is 2.16. The lowest BCUT2D eigenvalue weighted by molar-refractivity contribution is -0.141. The van der Waals surface area contributed by atoms with E-state index in [1.807, 2.05) is 37.9 Å². The van der Waals surface area contributed by atoms with Crippen molar-refractivity contribution in [1.29, 1.82) is 0 Å². The van der Waals surface area contributed by atoms with Gasteiger partial charge in [0.25, 0.3) is 0 Å². The Balaban J connectivity index is 2.65. The fourth-order valence-corrected chi connectivity index (χ4v) is 2.61. The van der Waals surface area contributed by atoms with Gasteiger partial charge in [0.2, 0.25) is 0 Å². The van der Waals surface area contributed by atoms with Gasteiger partial charge in [0.15, 0.2) is 7.43 Å². The summed E-state index contributed by atoms with van der Waals surface area (Å²) in [5.41, 5.74) is 1.17. The molecule has 1 atom stereocenters. The van der Waals surface area contributed by atoms with Crippen molar-refractivity contribution in [2.45, 2.75) is 13.8 Å². The molecule has 0 aliphatic carbocycles. The van der Waals surface area contributed by atoms with Gasteiger partial charge in [-0.2, -0.15) is 0 Å². The lowest BCUT2D eigenvalue weighted by atomic mass is 10.2. The molecule has 106 valence electrons. The molecule has 0 radical (unpaired) electrons. The third kappa shape index (κ3) is 5.45. The standard InChI is InChI=1S/C13H21N2O3P/c1-5-17-13(16)10-15-19(4,14-3)18-12-8-6-11(2)7-9-12/h6-9,15H,5,10H2,1-4H3. The maximum absolute atomic E-state index is 11.3. The molecule has 0 aliphatic rings. The van der Waals surface area contributed by atoms with Crippen LogP contribution in [0.3, 0.4) is 0 Å². The number of benzene rings is 1. The Morgan fingerprint density at radius 1 is 1.37 bits per heavy atom. The van der Waals surface area contributed by atoms with Crippen LogP contribution in [0.25, 0.3) is 0 Å². The summed E-state index contributed by atoms with van der Waals surface area (Å²) in [5, 5.41) is 3.04. The van der Waals surface area contributed by atoms with E-state index in [1.54, 1.807) is 14.0 Å². The van der Waals surface area contributed by atoms with Crippen molar-refractivity contribution in [3.05, 3.63) is 29.8 Å². The fourth-order valence-electron chi connectivity index (χ4n) is 1.37. The first kappa shape index (κ1) is 15.7. The predicted octanol–water partition coefficient (Wildman–Crippen LogP) is 2.82. The number of hydrogen-bond donors (Lipinski definition) is 1. The van der Waals surface area contributed by atoms with Crippen LogP contribution in [0, 0.1) is 6.92 Å². The molecule has 0 spiro atoms. The first-order valence-electron chi connectivity index (χ1n) is 6.14. The van der Waals surface area contributed by atoms with Crippen LogP contribution in [0.1, 0.15) is 12.5 Å². The number of nitrogens with zero attached hydrogens (tertiary/aromatic N) is 1. The van der Waals surface area contributed by atoms with Crippen molar-refractivity contribution in [3.8, 4) is 5.75 Å². The van der Waals surface area contributed by atoms with Crippen molar-refractivity contribution < 1.29 is 14.1 Å². The highest BCUT2D eigenvalue weighted by atomic mass is 31.2. The molecule has 1 aromatic carbocycles. The zero-order valence-corrected chi connectivity index (χ0v) is 12.7. The smallest absolute Gasteiger partial charge is 0.320 e. The Bertz CT molecular complexity index is 471. The number of rotatable bonds is 6. The van der Waals surface area contributed by atoms with Gasteiger partial charge in [-0.05, 0) is 26.0 Å². The molecule has 0 bridgehead atoms. The second kappa shape index (κ2) is 7.31. The van der Waals surface area contributed by atoms with Gasteiger partial charge in [-0.1, -0.05) is 17.7 Å². The van der Waals surface area contributed by atoms with E-state index in [-0.39, 0.29) is 12.5 Å². The number of carbonyl (C=O) groups excluding carboxylic acids is 1. The summed E-state index contributed by atoms with van der Waals surface area (Å²) in [4.78, 5) is 11.3. The quantitative estimate of drug-likeness (QED) is 0.644. The van der Waals surface area contributed by atoms with Gasteiger partial charge in [0.1, 0.15) is 12.3 Å². The van der Waals surface area contributed by atoms with Crippen LogP contribution in [0.2, 0.25) is 0 Å². The van der Waals surface area contributed by atoms with E-state index in [1.165, 1.54) is 5.56 Å². The van der Waals surface area contributed by atoms with Gasteiger partial charge in [-0.15, -0.1) is 0 Å². The van der Waals surface area contributed by atoms with Crippen molar-refractivity contribution in [3.63, 3.8) is 0 Å². The molecule has 0 saturated heterocycles. The van der Waals surface area contributed by atoms with Crippen molar-refractivity contribution >= 4 is 13.4 Å². The molecule has 0 heterocycles. The molecule has 0 aromatic heterocycles. The molecule has 0 aliphatic heterocycles.